The van der Waals surface area contributed by atoms with Crippen molar-refractivity contribution in [2.45, 2.75) is 31.8 Å². The van der Waals surface area contributed by atoms with Crippen LogP contribution in [0.5, 0.6) is 0 Å². The average Bonchev–Trinajstić information content (AvgIpc) is 3.13. The maximum absolute atomic E-state index is 14.0. The van der Waals surface area contributed by atoms with Gasteiger partial charge in [0.25, 0.3) is 11.8 Å². The number of H-pyrrole nitrogens is 1. The number of aromatic amines is 1. The molecule has 2 aromatic rings. The van der Waals surface area contributed by atoms with Gasteiger partial charge in [-0.3, -0.25) is 14.7 Å². The fourth-order valence-corrected chi connectivity index (χ4v) is 3.87. The third-order valence-electron chi connectivity index (χ3n) is 5.59. The molecular formula is C20H24FN5O2. The second kappa shape index (κ2) is 7.71. The first-order chi connectivity index (χ1) is 13.5. The van der Waals surface area contributed by atoms with Crippen molar-refractivity contribution in [3.8, 4) is 0 Å². The van der Waals surface area contributed by atoms with Crippen LogP contribution in [0.1, 0.15) is 44.9 Å². The molecule has 0 unspecified atom stereocenters. The van der Waals surface area contributed by atoms with E-state index in [4.69, 9.17) is 0 Å². The fraction of sp³-hybridized carbons (Fsp3) is 0.450. The van der Waals surface area contributed by atoms with E-state index in [0.717, 1.165) is 37.2 Å². The second-order valence-corrected chi connectivity index (χ2v) is 7.54. The first-order valence-electron chi connectivity index (χ1n) is 9.62. The van der Waals surface area contributed by atoms with Crippen molar-refractivity contribution >= 4 is 11.8 Å². The lowest BCUT2D eigenvalue weighted by Gasteiger charge is -2.30. The molecule has 0 spiro atoms. The Bertz CT molecular complexity index is 888. The Balaban J connectivity index is 1.48. The Hall–Kier alpha value is -2.74. The number of halogens is 1. The lowest BCUT2D eigenvalue weighted by Crippen LogP contribution is -2.44. The maximum atomic E-state index is 14.0. The SMILES string of the molecule is CN1CCC(NC(=O)c2n[nH]c3c2CN(C(=O)c2ccccc2F)CC3)CC1. The van der Waals surface area contributed by atoms with E-state index < -0.39 is 5.82 Å². The summed E-state index contributed by atoms with van der Waals surface area (Å²) in [7, 11) is 2.07. The van der Waals surface area contributed by atoms with Crippen molar-refractivity contribution in [1.29, 1.82) is 0 Å². The van der Waals surface area contributed by atoms with Gasteiger partial charge in [-0.2, -0.15) is 5.10 Å². The molecule has 0 atom stereocenters. The molecule has 0 saturated carbocycles. The molecule has 1 saturated heterocycles. The van der Waals surface area contributed by atoms with Gasteiger partial charge in [0.2, 0.25) is 0 Å². The smallest absolute Gasteiger partial charge is 0.272 e. The van der Waals surface area contributed by atoms with Gasteiger partial charge in [-0.05, 0) is 45.1 Å². The van der Waals surface area contributed by atoms with Gasteiger partial charge >= 0.3 is 0 Å². The van der Waals surface area contributed by atoms with E-state index in [1.807, 2.05) is 0 Å². The number of aromatic nitrogens is 2. The summed E-state index contributed by atoms with van der Waals surface area (Å²) in [6.45, 7) is 2.61. The van der Waals surface area contributed by atoms with Crippen molar-refractivity contribution in [2.24, 2.45) is 0 Å². The quantitative estimate of drug-likeness (QED) is 0.841. The number of hydrogen-bond donors (Lipinski definition) is 2. The topological polar surface area (TPSA) is 81.3 Å². The molecule has 3 heterocycles. The standard InChI is InChI=1S/C20H24FN5O2/c1-25-9-6-13(7-10-25)22-19(27)18-15-12-26(11-8-17(15)23-24-18)20(28)14-4-2-3-5-16(14)21/h2-5,13H,6-12H2,1H3,(H,22,27)(H,23,24). The Morgan fingerprint density at radius 1 is 1.21 bits per heavy atom. The van der Waals surface area contributed by atoms with E-state index in [1.165, 1.54) is 12.1 Å². The van der Waals surface area contributed by atoms with Crippen LogP contribution in [-0.4, -0.2) is 64.5 Å². The van der Waals surface area contributed by atoms with Crippen molar-refractivity contribution in [3.63, 3.8) is 0 Å². The number of likely N-dealkylation sites (tertiary alicyclic amines) is 1. The Kier molecular flexibility index (Phi) is 5.13. The van der Waals surface area contributed by atoms with E-state index in [1.54, 1.807) is 17.0 Å². The minimum atomic E-state index is -0.536. The van der Waals surface area contributed by atoms with Crippen molar-refractivity contribution in [3.05, 3.63) is 52.6 Å². The average molecular weight is 385 g/mol. The fourth-order valence-electron chi connectivity index (χ4n) is 3.87. The van der Waals surface area contributed by atoms with E-state index in [9.17, 15) is 14.0 Å². The molecule has 1 fully saturated rings. The number of rotatable bonds is 3. The van der Waals surface area contributed by atoms with Gasteiger partial charge in [0.05, 0.1) is 12.1 Å². The molecule has 28 heavy (non-hydrogen) atoms. The van der Waals surface area contributed by atoms with Crippen LogP contribution < -0.4 is 5.32 Å². The summed E-state index contributed by atoms with van der Waals surface area (Å²) in [5, 5.41) is 10.2. The molecule has 7 nitrogen and oxygen atoms in total. The minimum absolute atomic E-state index is 0.0479. The lowest BCUT2D eigenvalue weighted by molar-refractivity contribution is 0.0726. The summed E-state index contributed by atoms with van der Waals surface area (Å²) in [5.41, 5.74) is 1.97. The highest BCUT2D eigenvalue weighted by molar-refractivity contribution is 5.96. The van der Waals surface area contributed by atoms with Gasteiger partial charge in [-0.15, -0.1) is 0 Å². The molecule has 4 rings (SSSR count). The van der Waals surface area contributed by atoms with Crippen molar-refractivity contribution in [1.82, 2.24) is 25.3 Å². The van der Waals surface area contributed by atoms with Gasteiger partial charge in [0, 0.05) is 30.3 Å². The van der Waals surface area contributed by atoms with Crippen LogP contribution in [0.15, 0.2) is 24.3 Å². The zero-order chi connectivity index (χ0) is 19.7. The van der Waals surface area contributed by atoms with E-state index in [-0.39, 0.29) is 30.0 Å². The zero-order valence-corrected chi connectivity index (χ0v) is 15.9. The minimum Gasteiger partial charge on any atom is -0.348 e. The van der Waals surface area contributed by atoms with Crippen LogP contribution in [0.2, 0.25) is 0 Å². The van der Waals surface area contributed by atoms with Crippen molar-refractivity contribution in [2.75, 3.05) is 26.7 Å². The molecule has 8 heteroatoms. The highest BCUT2D eigenvalue weighted by atomic mass is 19.1. The first kappa shape index (κ1) is 18.6. The number of piperidine rings is 1. The highest BCUT2D eigenvalue weighted by Crippen LogP contribution is 2.23. The number of carbonyl (C=O) groups excluding carboxylic acids is 2. The largest absolute Gasteiger partial charge is 0.348 e. The van der Waals surface area contributed by atoms with Crippen LogP contribution in [0.25, 0.3) is 0 Å². The number of carbonyl (C=O) groups is 2. The Morgan fingerprint density at radius 2 is 1.96 bits per heavy atom. The number of hydrogen-bond acceptors (Lipinski definition) is 4. The van der Waals surface area contributed by atoms with Gasteiger partial charge in [0.1, 0.15) is 5.82 Å². The summed E-state index contributed by atoms with van der Waals surface area (Å²) in [5.74, 6) is -1.12. The number of amides is 2. The highest BCUT2D eigenvalue weighted by Gasteiger charge is 2.30. The Labute approximate surface area is 162 Å². The van der Waals surface area contributed by atoms with Crippen LogP contribution >= 0.6 is 0 Å². The normalized spacial score (nSPS) is 18.0. The molecule has 0 radical (unpaired) electrons. The van der Waals surface area contributed by atoms with E-state index in [0.29, 0.717) is 18.7 Å². The summed E-state index contributed by atoms with van der Waals surface area (Å²) < 4.78 is 14.0. The molecule has 1 aromatic carbocycles. The first-order valence-corrected chi connectivity index (χ1v) is 9.62. The molecule has 0 aliphatic carbocycles. The van der Waals surface area contributed by atoms with Crippen LogP contribution in [-0.2, 0) is 13.0 Å². The van der Waals surface area contributed by atoms with E-state index >= 15 is 0 Å². The van der Waals surface area contributed by atoms with Gasteiger partial charge in [0.15, 0.2) is 5.69 Å². The number of fused-ring (bicyclic) bond motifs is 1. The third kappa shape index (κ3) is 3.64. The van der Waals surface area contributed by atoms with Crippen LogP contribution in [0, 0.1) is 5.82 Å². The molecular weight excluding hydrogens is 361 g/mol. The monoisotopic (exact) mass is 385 g/mol. The molecule has 2 amide bonds. The van der Waals surface area contributed by atoms with Crippen LogP contribution in [0.3, 0.4) is 0 Å². The lowest BCUT2D eigenvalue weighted by atomic mass is 10.0. The van der Waals surface area contributed by atoms with Crippen LogP contribution in [0.4, 0.5) is 4.39 Å². The maximum Gasteiger partial charge on any atom is 0.272 e. The summed E-state index contributed by atoms with van der Waals surface area (Å²) in [6, 6.07) is 6.10. The third-order valence-corrected chi connectivity index (χ3v) is 5.59. The molecule has 0 bridgehead atoms. The number of benzene rings is 1. The molecule has 2 N–H and O–H groups in total. The van der Waals surface area contributed by atoms with Gasteiger partial charge in [-0.25, -0.2) is 4.39 Å². The second-order valence-electron chi connectivity index (χ2n) is 7.54. The Morgan fingerprint density at radius 3 is 2.71 bits per heavy atom. The number of nitrogens with zero attached hydrogens (tertiary/aromatic N) is 3. The van der Waals surface area contributed by atoms with Gasteiger partial charge in [-0.1, -0.05) is 12.1 Å². The molecule has 1 aromatic heterocycles. The molecule has 2 aliphatic heterocycles. The molecule has 148 valence electrons. The summed E-state index contributed by atoms with van der Waals surface area (Å²) >= 11 is 0. The summed E-state index contributed by atoms with van der Waals surface area (Å²) in [4.78, 5) is 29.3. The zero-order valence-electron chi connectivity index (χ0n) is 15.9. The van der Waals surface area contributed by atoms with E-state index in [2.05, 4.69) is 27.5 Å². The summed E-state index contributed by atoms with van der Waals surface area (Å²) in [6.07, 6.45) is 2.38. The number of nitrogens with one attached hydrogen (secondary N) is 2. The predicted octanol–water partition coefficient (Wildman–Crippen LogP) is 1.57. The molecule has 2 aliphatic rings. The van der Waals surface area contributed by atoms with Crippen molar-refractivity contribution < 1.29 is 14.0 Å². The predicted molar refractivity (Wildman–Crippen MR) is 101 cm³/mol. The van der Waals surface area contributed by atoms with Gasteiger partial charge < -0.3 is 15.1 Å².